The molecular weight excluding hydrogens is 324 g/mol. The van der Waals surface area contributed by atoms with Gasteiger partial charge in [0.2, 0.25) is 0 Å². The van der Waals surface area contributed by atoms with E-state index in [0.29, 0.717) is 12.1 Å². The minimum atomic E-state index is 0.435. The molecule has 108 valence electrons. The maximum absolute atomic E-state index is 5.85. The van der Waals surface area contributed by atoms with Crippen LogP contribution in [-0.4, -0.2) is 37.2 Å². The quantitative estimate of drug-likeness (QED) is 0.802. The largest absolute Gasteiger partial charge is 0.378 e. The van der Waals surface area contributed by atoms with Crippen LogP contribution in [0.25, 0.3) is 0 Å². The SMILES string of the molecule is CC(c1ccc(Br)s1)N1CCC(OCCCN)CC1. The summed E-state index contributed by atoms with van der Waals surface area (Å²) in [6.07, 6.45) is 3.69. The lowest BCUT2D eigenvalue weighted by Gasteiger charge is -2.35. The molecule has 2 rings (SSSR count). The summed E-state index contributed by atoms with van der Waals surface area (Å²) in [5, 5.41) is 0. The first-order valence-corrected chi connectivity index (χ1v) is 8.62. The maximum Gasteiger partial charge on any atom is 0.0701 e. The van der Waals surface area contributed by atoms with E-state index in [1.807, 2.05) is 11.3 Å². The van der Waals surface area contributed by atoms with Crippen molar-refractivity contribution in [3.63, 3.8) is 0 Å². The fourth-order valence-electron chi connectivity index (χ4n) is 2.50. The van der Waals surface area contributed by atoms with Crippen LogP contribution in [0.1, 0.15) is 37.1 Å². The summed E-state index contributed by atoms with van der Waals surface area (Å²) in [7, 11) is 0. The summed E-state index contributed by atoms with van der Waals surface area (Å²) in [5.41, 5.74) is 5.48. The van der Waals surface area contributed by atoms with Gasteiger partial charge in [-0.25, -0.2) is 0 Å². The Hall–Kier alpha value is 0.0600. The molecule has 1 aliphatic heterocycles. The Morgan fingerprint density at radius 3 is 2.79 bits per heavy atom. The smallest absolute Gasteiger partial charge is 0.0701 e. The second-order valence-corrected chi connectivity index (χ2v) is 7.56. The zero-order chi connectivity index (χ0) is 13.7. The number of nitrogens with zero attached hydrogens (tertiary/aromatic N) is 1. The predicted molar refractivity (Wildman–Crippen MR) is 84.7 cm³/mol. The highest BCUT2D eigenvalue weighted by Gasteiger charge is 2.24. The maximum atomic E-state index is 5.85. The molecule has 0 bridgehead atoms. The highest BCUT2D eigenvalue weighted by molar-refractivity contribution is 9.11. The van der Waals surface area contributed by atoms with Crippen LogP contribution in [-0.2, 0) is 4.74 Å². The zero-order valence-electron chi connectivity index (χ0n) is 11.5. The highest BCUT2D eigenvalue weighted by Crippen LogP contribution is 2.32. The number of rotatable bonds is 6. The number of ether oxygens (including phenoxy) is 1. The molecule has 2 heterocycles. The number of likely N-dealkylation sites (tertiary alicyclic amines) is 1. The van der Waals surface area contributed by atoms with Crippen molar-refractivity contribution < 1.29 is 4.74 Å². The van der Waals surface area contributed by atoms with Gasteiger partial charge in [-0.15, -0.1) is 11.3 Å². The Kier molecular flexibility index (Phi) is 6.29. The van der Waals surface area contributed by atoms with Crippen molar-refractivity contribution in [2.24, 2.45) is 5.73 Å². The molecule has 1 unspecified atom stereocenters. The molecule has 2 N–H and O–H groups in total. The standard InChI is InChI=1S/C14H23BrN2OS/c1-11(13-3-4-14(15)19-13)17-8-5-12(6-9-17)18-10-2-7-16/h3-4,11-12H,2,5-10,16H2,1H3. The molecule has 0 saturated carbocycles. The Morgan fingerprint density at radius 1 is 1.47 bits per heavy atom. The Bertz CT molecular complexity index is 377. The van der Waals surface area contributed by atoms with Gasteiger partial charge in [-0.2, -0.15) is 0 Å². The lowest BCUT2D eigenvalue weighted by atomic mass is 10.1. The molecule has 1 atom stereocenters. The first-order valence-electron chi connectivity index (χ1n) is 7.01. The van der Waals surface area contributed by atoms with E-state index in [9.17, 15) is 0 Å². The molecular formula is C14H23BrN2OS. The van der Waals surface area contributed by atoms with Crippen molar-refractivity contribution in [1.29, 1.82) is 0 Å². The summed E-state index contributed by atoms with van der Waals surface area (Å²) in [6.45, 7) is 6.10. The van der Waals surface area contributed by atoms with E-state index in [1.54, 1.807) is 0 Å². The topological polar surface area (TPSA) is 38.5 Å². The molecule has 19 heavy (non-hydrogen) atoms. The Labute approximate surface area is 128 Å². The van der Waals surface area contributed by atoms with Crippen LogP contribution >= 0.6 is 27.3 Å². The van der Waals surface area contributed by atoms with E-state index in [4.69, 9.17) is 10.5 Å². The summed E-state index contributed by atoms with van der Waals surface area (Å²) >= 11 is 5.38. The van der Waals surface area contributed by atoms with Crippen LogP contribution in [0, 0.1) is 0 Å². The van der Waals surface area contributed by atoms with E-state index in [2.05, 4.69) is 39.9 Å². The molecule has 0 aliphatic carbocycles. The molecule has 0 amide bonds. The lowest BCUT2D eigenvalue weighted by Crippen LogP contribution is -2.38. The van der Waals surface area contributed by atoms with E-state index >= 15 is 0 Å². The van der Waals surface area contributed by atoms with Crippen LogP contribution < -0.4 is 5.73 Å². The van der Waals surface area contributed by atoms with Gasteiger partial charge in [-0.05, 0) is 60.8 Å². The van der Waals surface area contributed by atoms with Gasteiger partial charge in [-0.1, -0.05) is 0 Å². The molecule has 1 aliphatic rings. The molecule has 1 aromatic rings. The van der Waals surface area contributed by atoms with Crippen LogP contribution in [0.3, 0.4) is 0 Å². The average Bonchev–Trinajstić information content (AvgIpc) is 2.86. The summed E-state index contributed by atoms with van der Waals surface area (Å²) in [4.78, 5) is 4.00. The molecule has 5 heteroatoms. The number of hydrogen-bond donors (Lipinski definition) is 1. The van der Waals surface area contributed by atoms with Gasteiger partial charge < -0.3 is 10.5 Å². The predicted octanol–water partition coefficient (Wildman–Crippen LogP) is 3.40. The average molecular weight is 347 g/mol. The molecule has 1 fully saturated rings. The minimum Gasteiger partial charge on any atom is -0.378 e. The van der Waals surface area contributed by atoms with Gasteiger partial charge in [0, 0.05) is 30.6 Å². The van der Waals surface area contributed by atoms with Gasteiger partial charge in [0.05, 0.1) is 9.89 Å². The van der Waals surface area contributed by atoms with E-state index < -0.39 is 0 Å². The monoisotopic (exact) mass is 346 g/mol. The van der Waals surface area contributed by atoms with Crippen molar-refractivity contribution in [3.8, 4) is 0 Å². The third-order valence-corrected chi connectivity index (χ3v) is 5.53. The number of nitrogens with two attached hydrogens (primary N) is 1. The number of hydrogen-bond acceptors (Lipinski definition) is 4. The first kappa shape index (κ1) is 15.4. The van der Waals surface area contributed by atoms with Gasteiger partial charge >= 0.3 is 0 Å². The van der Waals surface area contributed by atoms with E-state index in [1.165, 1.54) is 8.66 Å². The van der Waals surface area contributed by atoms with Crippen LogP contribution in [0.2, 0.25) is 0 Å². The third-order valence-electron chi connectivity index (χ3n) is 3.73. The molecule has 1 saturated heterocycles. The number of halogens is 1. The van der Waals surface area contributed by atoms with E-state index in [-0.39, 0.29) is 0 Å². The third kappa shape index (κ3) is 4.53. The minimum absolute atomic E-state index is 0.435. The first-order chi connectivity index (χ1) is 9.20. The summed E-state index contributed by atoms with van der Waals surface area (Å²) in [5.74, 6) is 0. The van der Waals surface area contributed by atoms with Crippen LogP contribution in [0.15, 0.2) is 15.9 Å². The van der Waals surface area contributed by atoms with Crippen LogP contribution in [0.5, 0.6) is 0 Å². The van der Waals surface area contributed by atoms with Crippen molar-refractivity contribution in [1.82, 2.24) is 4.90 Å². The summed E-state index contributed by atoms with van der Waals surface area (Å²) < 4.78 is 7.07. The Balaban J connectivity index is 1.76. The number of piperidine rings is 1. The Morgan fingerprint density at radius 2 is 2.21 bits per heavy atom. The van der Waals surface area contributed by atoms with Gasteiger partial charge in [-0.3, -0.25) is 4.90 Å². The molecule has 1 aromatic heterocycles. The lowest BCUT2D eigenvalue weighted by molar-refractivity contribution is -0.000433. The van der Waals surface area contributed by atoms with E-state index in [0.717, 1.165) is 45.5 Å². The number of thiophene rings is 1. The van der Waals surface area contributed by atoms with Crippen molar-refractivity contribution in [2.45, 2.75) is 38.3 Å². The fraction of sp³-hybridized carbons (Fsp3) is 0.714. The molecule has 0 spiro atoms. The highest BCUT2D eigenvalue weighted by atomic mass is 79.9. The van der Waals surface area contributed by atoms with Gasteiger partial charge in [0.25, 0.3) is 0 Å². The van der Waals surface area contributed by atoms with Crippen molar-refractivity contribution in [2.75, 3.05) is 26.2 Å². The molecule has 0 aromatic carbocycles. The summed E-state index contributed by atoms with van der Waals surface area (Å²) in [6, 6.07) is 4.88. The van der Waals surface area contributed by atoms with Gasteiger partial charge in [0.1, 0.15) is 0 Å². The molecule has 0 radical (unpaired) electrons. The normalized spacial score (nSPS) is 19.7. The fourth-order valence-corrected chi connectivity index (χ4v) is 4.01. The second kappa shape index (κ2) is 7.74. The molecule has 3 nitrogen and oxygen atoms in total. The van der Waals surface area contributed by atoms with Gasteiger partial charge in [0.15, 0.2) is 0 Å². The van der Waals surface area contributed by atoms with Crippen LogP contribution in [0.4, 0.5) is 0 Å². The second-order valence-electron chi connectivity index (χ2n) is 5.07. The van der Waals surface area contributed by atoms with Crippen molar-refractivity contribution >= 4 is 27.3 Å². The van der Waals surface area contributed by atoms with Crippen molar-refractivity contribution in [3.05, 3.63) is 20.8 Å². The zero-order valence-corrected chi connectivity index (χ0v) is 13.9.